The summed E-state index contributed by atoms with van der Waals surface area (Å²) in [5.41, 5.74) is -0.797. The van der Waals surface area contributed by atoms with Crippen LogP contribution in [-0.4, -0.2) is 77.1 Å². The van der Waals surface area contributed by atoms with Gasteiger partial charge in [-0.15, -0.1) is 0 Å². The number of rotatable bonds is 7. The van der Waals surface area contributed by atoms with Crippen molar-refractivity contribution in [1.29, 1.82) is 0 Å². The number of benzene rings is 1. The third-order valence-corrected chi connectivity index (χ3v) is 6.28. The molecule has 2 amide bonds. The van der Waals surface area contributed by atoms with E-state index in [4.69, 9.17) is 14.2 Å². The van der Waals surface area contributed by atoms with E-state index in [9.17, 15) is 22.8 Å². The molecule has 0 saturated carbocycles. The lowest BCUT2D eigenvalue weighted by Gasteiger charge is -2.26. The van der Waals surface area contributed by atoms with Gasteiger partial charge >= 0.3 is 6.18 Å². The molecule has 4 heterocycles. The van der Waals surface area contributed by atoms with E-state index in [0.29, 0.717) is 43.8 Å². The summed E-state index contributed by atoms with van der Waals surface area (Å²) >= 11 is 0. The molecule has 202 valence electrons. The van der Waals surface area contributed by atoms with Gasteiger partial charge in [0, 0.05) is 37.3 Å². The highest BCUT2D eigenvalue weighted by Gasteiger charge is 2.33. The average Bonchev–Trinajstić information content (AvgIpc) is 3.56. The molecule has 0 spiro atoms. The van der Waals surface area contributed by atoms with Crippen molar-refractivity contribution in [1.82, 2.24) is 19.7 Å². The van der Waals surface area contributed by atoms with Gasteiger partial charge in [0.15, 0.2) is 0 Å². The highest BCUT2D eigenvalue weighted by atomic mass is 19.4. The summed E-state index contributed by atoms with van der Waals surface area (Å²) in [5, 5.41) is 7.70. The molecule has 2 aromatic heterocycles. The molecule has 0 radical (unpaired) electrons. The van der Waals surface area contributed by atoms with E-state index in [0.717, 1.165) is 25.0 Å². The van der Waals surface area contributed by atoms with Crippen molar-refractivity contribution < 1.29 is 37.0 Å². The van der Waals surface area contributed by atoms with Crippen LogP contribution in [0.1, 0.15) is 29.0 Å². The third kappa shape index (κ3) is 6.05. The molecular weight excluding hydrogens is 507 g/mol. The van der Waals surface area contributed by atoms with Crippen molar-refractivity contribution in [3.05, 3.63) is 47.9 Å². The van der Waals surface area contributed by atoms with E-state index >= 15 is 0 Å². The van der Waals surface area contributed by atoms with Gasteiger partial charge < -0.3 is 24.4 Å². The fourth-order valence-electron chi connectivity index (χ4n) is 4.32. The van der Waals surface area contributed by atoms with Crippen LogP contribution in [-0.2, 0) is 27.0 Å². The number of amides is 2. The number of nitrogens with one attached hydrogen (secondary N) is 1. The number of hydrogen-bond acceptors (Lipinski definition) is 7. The number of fused-ring (bicyclic) bond motifs is 1. The second kappa shape index (κ2) is 11.0. The van der Waals surface area contributed by atoms with E-state index in [-0.39, 0.29) is 36.6 Å². The molecule has 5 rings (SSSR count). The van der Waals surface area contributed by atoms with Crippen LogP contribution in [0.15, 0.2) is 36.5 Å². The first-order chi connectivity index (χ1) is 18.3. The van der Waals surface area contributed by atoms with Crippen molar-refractivity contribution in [3.63, 3.8) is 0 Å². The molecule has 38 heavy (non-hydrogen) atoms. The van der Waals surface area contributed by atoms with Gasteiger partial charge in [0.2, 0.25) is 5.91 Å². The molecule has 0 bridgehead atoms. The van der Waals surface area contributed by atoms with Gasteiger partial charge in [-0.25, -0.2) is 4.98 Å². The Kier molecular flexibility index (Phi) is 7.47. The van der Waals surface area contributed by atoms with Crippen molar-refractivity contribution in [3.8, 4) is 5.75 Å². The molecule has 2 aliphatic rings. The molecule has 1 aromatic carbocycles. The minimum Gasteiger partial charge on any atom is -0.489 e. The van der Waals surface area contributed by atoms with E-state index in [2.05, 4.69) is 15.4 Å². The number of carbonyl (C=O) groups is 2. The Morgan fingerprint density at radius 1 is 1.16 bits per heavy atom. The van der Waals surface area contributed by atoms with Crippen LogP contribution in [0.5, 0.6) is 5.75 Å². The summed E-state index contributed by atoms with van der Waals surface area (Å²) < 4.78 is 57.6. The first-order valence-electron chi connectivity index (χ1n) is 12.2. The minimum absolute atomic E-state index is 0.0244. The number of hydrogen-bond donors (Lipinski definition) is 1. The van der Waals surface area contributed by atoms with E-state index < -0.39 is 23.5 Å². The number of aromatic nitrogens is 3. The number of pyridine rings is 1. The average molecular weight is 534 g/mol. The maximum Gasteiger partial charge on any atom is 0.433 e. The molecule has 2 saturated heterocycles. The molecular formula is C25H26F3N5O5. The fraction of sp³-hybridized carbons (Fsp3) is 0.440. The Labute approximate surface area is 215 Å². The number of nitrogens with zero attached hydrogens (tertiary/aromatic N) is 4. The summed E-state index contributed by atoms with van der Waals surface area (Å²) in [5.74, 6) is -0.648. The van der Waals surface area contributed by atoms with Gasteiger partial charge in [0.1, 0.15) is 30.3 Å². The van der Waals surface area contributed by atoms with E-state index in [1.807, 2.05) is 0 Å². The molecule has 1 N–H and O–H groups in total. The normalized spacial score (nSPS) is 18.1. The van der Waals surface area contributed by atoms with Gasteiger partial charge in [-0.05, 0) is 31.0 Å². The number of carbonyl (C=O) groups excluding carboxylic acids is 2. The van der Waals surface area contributed by atoms with Crippen LogP contribution in [0.3, 0.4) is 0 Å². The lowest BCUT2D eigenvalue weighted by Crippen LogP contribution is -2.42. The predicted octanol–water partition coefficient (Wildman–Crippen LogP) is 3.12. The second-order valence-corrected chi connectivity index (χ2v) is 9.03. The number of anilines is 1. The summed E-state index contributed by atoms with van der Waals surface area (Å²) in [7, 11) is 0. The lowest BCUT2D eigenvalue weighted by molar-refractivity contribution is -0.141. The van der Waals surface area contributed by atoms with Crippen molar-refractivity contribution in [2.45, 2.75) is 31.7 Å². The van der Waals surface area contributed by atoms with Crippen LogP contribution in [0.4, 0.5) is 18.9 Å². The van der Waals surface area contributed by atoms with Crippen molar-refractivity contribution in [2.24, 2.45) is 0 Å². The molecule has 0 aliphatic carbocycles. The Balaban J connectivity index is 1.39. The molecule has 13 heteroatoms. The number of halogens is 3. The Bertz CT molecular complexity index is 1320. The first kappa shape index (κ1) is 25.9. The SMILES string of the molecule is O=C(Nc1cc2cn(CC(=O)N3CCOCC3)nc2cc1OCC1CCCO1)c1cccc(C(F)(F)F)n1. The molecule has 2 fully saturated rings. The Morgan fingerprint density at radius 3 is 2.71 bits per heavy atom. The van der Waals surface area contributed by atoms with Crippen molar-refractivity contribution >= 4 is 28.4 Å². The first-order valence-corrected chi connectivity index (χ1v) is 12.2. The number of morpholine rings is 1. The van der Waals surface area contributed by atoms with Gasteiger partial charge in [-0.1, -0.05) is 6.07 Å². The maximum atomic E-state index is 13.1. The third-order valence-electron chi connectivity index (χ3n) is 6.28. The number of alkyl halides is 3. The largest absolute Gasteiger partial charge is 0.489 e. The monoisotopic (exact) mass is 533 g/mol. The Hall–Kier alpha value is -3.71. The molecule has 1 unspecified atom stereocenters. The predicted molar refractivity (Wildman–Crippen MR) is 129 cm³/mol. The zero-order valence-electron chi connectivity index (χ0n) is 20.4. The fourth-order valence-corrected chi connectivity index (χ4v) is 4.32. The van der Waals surface area contributed by atoms with Crippen LogP contribution >= 0.6 is 0 Å². The highest BCUT2D eigenvalue weighted by molar-refractivity contribution is 6.05. The van der Waals surface area contributed by atoms with Crippen LogP contribution in [0.25, 0.3) is 10.9 Å². The van der Waals surface area contributed by atoms with Gasteiger partial charge in [0.05, 0.1) is 30.5 Å². The van der Waals surface area contributed by atoms with E-state index in [1.165, 1.54) is 10.7 Å². The van der Waals surface area contributed by atoms with E-state index in [1.54, 1.807) is 23.2 Å². The second-order valence-electron chi connectivity index (χ2n) is 9.03. The number of ether oxygens (including phenoxy) is 3. The topological polar surface area (TPSA) is 108 Å². The van der Waals surface area contributed by atoms with Crippen LogP contribution in [0, 0.1) is 0 Å². The molecule has 2 aliphatic heterocycles. The zero-order valence-corrected chi connectivity index (χ0v) is 20.4. The minimum atomic E-state index is -4.68. The molecule has 10 nitrogen and oxygen atoms in total. The lowest BCUT2D eigenvalue weighted by atomic mass is 10.2. The van der Waals surface area contributed by atoms with Gasteiger partial charge in [-0.2, -0.15) is 18.3 Å². The van der Waals surface area contributed by atoms with Crippen LogP contribution in [0.2, 0.25) is 0 Å². The highest BCUT2D eigenvalue weighted by Crippen LogP contribution is 2.32. The standard InChI is InChI=1S/C25H26F3N5O5/c26-25(27,28)22-5-1-4-18(29-22)24(35)30-20-11-16-13-33(14-23(34)32-6-9-36-10-7-32)31-19(16)12-21(20)38-15-17-3-2-8-37-17/h1,4-5,11-13,17H,2-3,6-10,14-15H2,(H,30,35). The zero-order chi connectivity index (χ0) is 26.7. The van der Waals surface area contributed by atoms with Gasteiger partial charge in [-0.3, -0.25) is 14.3 Å². The van der Waals surface area contributed by atoms with Crippen LogP contribution < -0.4 is 10.1 Å². The van der Waals surface area contributed by atoms with Crippen molar-refractivity contribution in [2.75, 3.05) is 44.8 Å². The quantitative estimate of drug-likeness (QED) is 0.497. The molecule has 3 aromatic rings. The summed E-state index contributed by atoms with van der Waals surface area (Å²) in [4.78, 5) is 30.7. The Morgan fingerprint density at radius 2 is 1.97 bits per heavy atom. The maximum absolute atomic E-state index is 13.1. The van der Waals surface area contributed by atoms with Gasteiger partial charge in [0.25, 0.3) is 5.91 Å². The summed E-state index contributed by atoms with van der Waals surface area (Å²) in [6.45, 7) is 2.90. The molecule has 1 atom stereocenters. The summed E-state index contributed by atoms with van der Waals surface area (Å²) in [6, 6.07) is 6.35. The summed E-state index contributed by atoms with van der Waals surface area (Å²) in [6.07, 6.45) is -1.38. The smallest absolute Gasteiger partial charge is 0.433 e.